The number of aromatic nitrogens is 3. The quantitative estimate of drug-likeness (QED) is 0.732. The molecule has 0 aliphatic heterocycles. The second-order valence-electron chi connectivity index (χ2n) is 4.35. The summed E-state index contributed by atoms with van der Waals surface area (Å²) in [5, 5.41) is 8.07. The van der Waals surface area contributed by atoms with Crippen LogP contribution in [0.2, 0.25) is 0 Å². The maximum atomic E-state index is 5.93. The van der Waals surface area contributed by atoms with Crippen molar-refractivity contribution in [2.45, 2.75) is 43.4 Å². The molecule has 0 aliphatic rings. The third-order valence-corrected chi connectivity index (χ3v) is 2.55. The molecule has 0 bridgehead atoms. The van der Waals surface area contributed by atoms with Crippen LogP contribution < -0.4 is 0 Å². The minimum atomic E-state index is -1.48. The molecule has 0 N–H and O–H groups in total. The Morgan fingerprint density at radius 2 is 1.73 bits per heavy atom. The molecule has 0 saturated carbocycles. The van der Waals surface area contributed by atoms with E-state index in [0.29, 0.717) is 12.2 Å². The molecule has 1 aromatic heterocycles. The first kappa shape index (κ1) is 13.1. The Morgan fingerprint density at radius 3 is 2.07 bits per heavy atom. The first-order chi connectivity index (χ1) is 6.68. The molecule has 0 aliphatic carbocycles. The highest BCUT2D eigenvalue weighted by Crippen LogP contribution is 2.42. The van der Waals surface area contributed by atoms with E-state index in [0.717, 1.165) is 5.69 Å². The second kappa shape index (κ2) is 4.11. The molecule has 1 rings (SSSR count). The third kappa shape index (κ3) is 2.77. The lowest BCUT2D eigenvalue weighted by Crippen LogP contribution is -2.20. The number of alkyl halides is 3. The van der Waals surface area contributed by atoms with Crippen LogP contribution in [0.1, 0.15) is 39.1 Å². The van der Waals surface area contributed by atoms with Crippen molar-refractivity contribution in [1.29, 1.82) is 0 Å². The zero-order valence-corrected chi connectivity index (χ0v) is 11.5. The first-order valence-electron chi connectivity index (χ1n) is 4.69. The van der Waals surface area contributed by atoms with Crippen molar-refractivity contribution in [3.8, 4) is 0 Å². The fourth-order valence-electron chi connectivity index (χ4n) is 1.32. The normalized spacial score (nSPS) is 13.3. The van der Waals surface area contributed by atoms with E-state index in [4.69, 9.17) is 34.8 Å². The lowest BCUT2D eigenvalue weighted by molar-refractivity contribution is 0.560. The summed E-state index contributed by atoms with van der Waals surface area (Å²) in [6.07, 6.45) is 0. The molecule has 0 amide bonds. The highest BCUT2D eigenvalue weighted by molar-refractivity contribution is 6.66. The minimum Gasteiger partial charge on any atom is -0.245 e. The SMILES string of the molecule is CCn1nnc(C(C)(C)C)c1C(Cl)(Cl)Cl. The van der Waals surface area contributed by atoms with Crippen molar-refractivity contribution in [2.24, 2.45) is 0 Å². The van der Waals surface area contributed by atoms with Crippen molar-refractivity contribution in [3.05, 3.63) is 11.4 Å². The van der Waals surface area contributed by atoms with Gasteiger partial charge >= 0.3 is 0 Å². The Labute approximate surface area is 105 Å². The van der Waals surface area contributed by atoms with Crippen LogP contribution in [0.3, 0.4) is 0 Å². The average molecular weight is 271 g/mol. The van der Waals surface area contributed by atoms with Gasteiger partial charge in [0.2, 0.25) is 3.79 Å². The van der Waals surface area contributed by atoms with E-state index in [1.165, 1.54) is 0 Å². The summed E-state index contributed by atoms with van der Waals surface area (Å²) in [6, 6.07) is 0. The molecule has 86 valence electrons. The number of nitrogens with zero attached hydrogens (tertiary/aromatic N) is 3. The average Bonchev–Trinajstić information content (AvgIpc) is 2.44. The highest BCUT2D eigenvalue weighted by Gasteiger charge is 2.36. The molecule has 1 aromatic rings. The largest absolute Gasteiger partial charge is 0.245 e. The van der Waals surface area contributed by atoms with Gasteiger partial charge < -0.3 is 0 Å². The van der Waals surface area contributed by atoms with E-state index < -0.39 is 3.79 Å². The first-order valence-corrected chi connectivity index (χ1v) is 5.82. The molecule has 15 heavy (non-hydrogen) atoms. The highest BCUT2D eigenvalue weighted by atomic mass is 35.6. The number of halogens is 3. The van der Waals surface area contributed by atoms with Crippen LogP contribution >= 0.6 is 34.8 Å². The van der Waals surface area contributed by atoms with E-state index in [-0.39, 0.29) is 5.41 Å². The van der Waals surface area contributed by atoms with Crippen molar-refractivity contribution in [1.82, 2.24) is 15.0 Å². The van der Waals surface area contributed by atoms with Crippen LogP contribution in [0.25, 0.3) is 0 Å². The van der Waals surface area contributed by atoms with Crippen molar-refractivity contribution in [3.63, 3.8) is 0 Å². The van der Waals surface area contributed by atoms with Gasteiger partial charge in [0.05, 0.1) is 5.69 Å². The lowest BCUT2D eigenvalue weighted by Gasteiger charge is -2.21. The molecule has 1 heterocycles. The van der Waals surface area contributed by atoms with Gasteiger partial charge in [0.15, 0.2) is 0 Å². The Morgan fingerprint density at radius 1 is 1.20 bits per heavy atom. The predicted molar refractivity (Wildman–Crippen MR) is 63.6 cm³/mol. The summed E-state index contributed by atoms with van der Waals surface area (Å²) in [5.41, 5.74) is 1.10. The molecule has 0 radical (unpaired) electrons. The molecular formula is C9H14Cl3N3. The zero-order valence-electron chi connectivity index (χ0n) is 9.18. The zero-order chi connectivity index (χ0) is 11.9. The lowest BCUT2D eigenvalue weighted by atomic mass is 9.91. The Bertz CT molecular complexity index is 346. The Kier molecular flexibility index (Phi) is 3.59. The fraction of sp³-hybridized carbons (Fsp3) is 0.778. The standard InChI is InChI=1S/C9H14Cl3N3/c1-5-15-7(9(10,11)12)6(13-14-15)8(2,3)4/h5H2,1-4H3. The molecular weight excluding hydrogens is 256 g/mol. The van der Waals surface area contributed by atoms with E-state index in [1.54, 1.807) is 4.68 Å². The molecule has 6 heteroatoms. The number of hydrogen-bond donors (Lipinski definition) is 0. The summed E-state index contributed by atoms with van der Waals surface area (Å²) in [4.78, 5) is 0. The monoisotopic (exact) mass is 269 g/mol. The van der Waals surface area contributed by atoms with Crippen molar-refractivity contribution in [2.75, 3.05) is 0 Å². The van der Waals surface area contributed by atoms with Crippen molar-refractivity contribution < 1.29 is 0 Å². The van der Waals surface area contributed by atoms with E-state index in [1.807, 2.05) is 27.7 Å². The van der Waals surface area contributed by atoms with Gasteiger partial charge in [-0.1, -0.05) is 60.8 Å². The van der Waals surface area contributed by atoms with Gasteiger partial charge in [-0.15, -0.1) is 5.10 Å². The van der Waals surface area contributed by atoms with Crippen LogP contribution in [0, 0.1) is 0 Å². The summed E-state index contributed by atoms with van der Waals surface area (Å²) >= 11 is 17.8. The number of aryl methyl sites for hydroxylation is 1. The summed E-state index contributed by atoms with van der Waals surface area (Å²) in [7, 11) is 0. The molecule has 0 saturated heterocycles. The van der Waals surface area contributed by atoms with Gasteiger partial charge in [0.25, 0.3) is 0 Å². The van der Waals surface area contributed by atoms with Crippen LogP contribution in [0.5, 0.6) is 0 Å². The molecule has 0 aromatic carbocycles. The second-order valence-corrected chi connectivity index (χ2v) is 6.63. The maximum absolute atomic E-state index is 5.93. The van der Waals surface area contributed by atoms with Gasteiger partial charge in [-0.2, -0.15) is 0 Å². The molecule has 0 fully saturated rings. The topological polar surface area (TPSA) is 30.7 Å². The van der Waals surface area contributed by atoms with Gasteiger partial charge in [-0.3, -0.25) is 0 Å². The van der Waals surface area contributed by atoms with Crippen LogP contribution in [-0.2, 0) is 15.8 Å². The van der Waals surface area contributed by atoms with Gasteiger partial charge in [0.1, 0.15) is 5.69 Å². The third-order valence-electron chi connectivity index (χ3n) is 2.01. The Balaban J connectivity index is 3.37. The Hall–Kier alpha value is 0.01000. The maximum Gasteiger partial charge on any atom is 0.234 e. The molecule has 3 nitrogen and oxygen atoms in total. The van der Waals surface area contributed by atoms with Gasteiger partial charge in [0, 0.05) is 12.0 Å². The van der Waals surface area contributed by atoms with Gasteiger partial charge in [-0.05, 0) is 6.92 Å². The molecule has 0 atom stereocenters. The van der Waals surface area contributed by atoms with E-state index in [2.05, 4.69) is 10.3 Å². The number of hydrogen-bond acceptors (Lipinski definition) is 2. The van der Waals surface area contributed by atoms with Crippen LogP contribution in [0.4, 0.5) is 0 Å². The van der Waals surface area contributed by atoms with Crippen molar-refractivity contribution >= 4 is 34.8 Å². The summed E-state index contributed by atoms with van der Waals surface area (Å²) < 4.78 is 0.135. The molecule has 0 unspecified atom stereocenters. The fourth-order valence-corrected chi connectivity index (χ4v) is 1.88. The number of rotatable bonds is 1. The smallest absolute Gasteiger partial charge is 0.234 e. The van der Waals surface area contributed by atoms with E-state index >= 15 is 0 Å². The summed E-state index contributed by atoms with van der Waals surface area (Å²) in [6.45, 7) is 8.60. The van der Waals surface area contributed by atoms with Crippen LogP contribution in [0.15, 0.2) is 0 Å². The summed E-state index contributed by atoms with van der Waals surface area (Å²) in [5.74, 6) is 0. The predicted octanol–water partition coefficient (Wildman–Crippen LogP) is 3.42. The van der Waals surface area contributed by atoms with Gasteiger partial charge in [-0.25, -0.2) is 4.68 Å². The molecule has 0 spiro atoms. The van der Waals surface area contributed by atoms with E-state index in [9.17, 15) is 0 Å². The van der Waals surface area contributed by atoms with Crippen LogP contribution in [-0.4, -0.2) is 15.0 Å². The minimum absolute atomic E-state index is 0.188.